The Kier molecular flexibility index (Phi) is 2.11. The normalized spacial score (nSPS) is 13.9. The summed E-state index contributed by atoms with van der Waals surface area (Å²) in [6.07, 6.45) is 0.442. The number of amides is 1. The van der Waals surface area contributed by atoms with E-state index in [4.69, 9.17) is 0 Å². The Hall–Kier alpha value is -2.29. The van der Waals surface area contributed by atoms with Crippen LogP contribution in [0.5, 0.6) is 5.75 Å². The largest absolute Gasteiger partial charge is 0.508 e. The van der Waals surface area contributed by atoms with Crippen molar-refractivity contribution in [2.45, 2.75) is 6.42 Å². The fourth-order valence-electron chi connectivity index (χ4n) is 2.14. The van der Waals surface area contributed by atoms with Gasteiger partial charge in [-0.2, -0.15) is 0 Å². The molecule has 3 rings (SSSR count). The Morgan fingerprint density at radius 2 is 1.71 bits per heavy atom. The second-order valence-electron chi connectivity index (χ2n) is 4.05. The fraction of sp³-hybridized carbons (Fsp3) is 0.0714. The maximum Gasteiger partial charge on any atom is 0.236 e. The molecule has 1 aliphatic rings. The maximum atomic E-state index is 12.0. The Bertz CT molecular complexity index is 575. The second kappa shape index (κ2) is 3.63. The summed E-state index contributed by atoms with van der Waals surface area (Å²) in [4.78, 5) is 13.7. The molecule has 3 heteroatoms. The average Bonchev–Trinajstić information content (AvgIpc) is 2.66. The van der Waals surface area contributed by atoms with Crippen molar-refractivity contribution in [2.75, 3.05) is 4.90 Å². The van der Waals surface area contributed by atoms with Crippen molar-refractivity contribution < 1.29 is 9.90 Å². The van der Waals surface area contributed by atoms with Gasteiger partial charge in [0.25, 0.3) is 0 Å². The van der Waals surface area contributed by atoms with E-state index < -0.39 is 0 Å². The van der Waals surface area contributed by atoms with Crippen molar-refractivity contribution in [1.82, 2.24) is 0 Å². The van der Waals surface area contributed by atoms with E-state index in [1.54, 1.807) is 29.2 Å². The third-order valence-electron chi connectivity index (χ3n) is 2.93. The molecule has 17 heavy (non-hydrogen) atoms. The van der Waals surface area contributed by atoms with Crippen molar-refractivity contribution in [3.63, 3.8) is 0 Å². The molecule has 0 fully saturated rings. The van der Waals surface area contributed by atoms with E-state index in [2.05, 4.69) is 0 Å². The van der Waals surface area contributed by atoms with Gasteiger partial charge in [0.1, 0.15) is 5.75 Å². The van der Waals surface area contributed by atoms with Gasteiger partial charge >= 0.3 is 0 Å². The van der Waals surface area contributed by atoms with Crippen molar-refractivity contribution in [2.24, 2.45) is 0 Å². The van der Waals surface area contributed by atoms with Crippen molar-refractivity contribution in [1.29, 1.82) is 0 Å². The summed E-state index contributed by atoms with van der Waals surface area (Å²) < 4.78 is 0. The molecule has 0 saturated heterocycles. The number of para-hydroxylation sites is 1. The summed E-state index contributed by atoms with van der Waals surface area (Å²) in [5.74, 6) is 0.269. The molecule has 1 heterocycles. The van der Waals surface area contributed by atoms with E-state index in [1.807, 2.05) is 24.3 Å². The number of fused-ring (bicyclic) bond motifs is 1. The molecule has 2 aromatic carbocycles. The molecule has 0 spiro atoms. The lowest BCUT2D eigenvalue weighted by Crippen LogP contribution is -2.20. The number of carbonyl (C=O) groups excluding carboxylic acids is 1. The highest BCUT2D eigenvalue weighted by Crippen LogP contribution is 2.35. The Balaban J connectivity index is 2.09. The summed E-state index contributed by atoms with van der Waals surface area (Å²) >= 11 is 0. The number of aromatic hydroxyl groups is 1. The number of hydrogen-bond acceptors (Lipinski definition) is 2. The van der Waals surface area contributed by atoms with Gasteiger partial charge in [-0.15, -0.1) is 0 Å². The van der Waals surface area contributed by atoms with Gasteiger partial charge in [-0.1, -0.05) is 18.2 Å². The number of phenols is 1. The zero-order valence-electron chi connectivity index (χ0n) is 9.13. The first kappa shape index (κ1) is 9.90. The molecule has 0 aliphatic carbocycles. The quantitative estimate of drug-likeness (QED) is 0.810. The number of anilines is 2. The van der Waals surface area contributed by atoms with E-state index >= 15 is 0 Å². The molecule has 3 nitrogen and oxygen atoms in total. The van der Waals surface area contributed by atoms with Gasteiger partial charge in [0, 0.05) is 5.69 Å². The number of phenolic OH excluding ortho intramolecular Hbond substituents is 1. The molecule has 0 atom stereocenters. The molecular weight excluding hydrogens is 214 g/mol. The van der Waals surface area contributed by atoms with Crippen LogP contribution < -0.4 is 4.90 Å². The van der Waals surface area contributed by atoms with Crippen molar-refractivity contribution in [3.8, 4) is 5.75 Å². The molecule has 2 aromatic rings. The lowest BCUT2D eigenvalue weighted by atomic mass is 10.2. The number of hydrogen-bond donors (Lipinski definition) is 1. The van der Waals surface area contributed by atoms with Gasteiger partial charge in [-0.05, 0) is 35.9 Å². The lowest BCUT2D eigenvalue weighted by molar-refractivity contribution is -0.116. The smallest absolute Gasteiger partial charge is 0.236 e. The topological polar surface area (TPSA) is 40.5 Å². The zero-order valence-corrected chi connectivity index (χ0v) is 9.13. The monoisotopic (exact) mass is 225 g/mol. The van der Waals surface area contributed by atoms with E-state index in [0.717, 1.165) is 16.9 Å². The van der Waals surface area contributed by atoms with Gasteiger partial charge in [0.05, 0.1) is 12.1 Å². The minimum Gasteiger partial charge on any atom is -0.508 e. The zero-order chi connectivity index (χ0) is 11.8. The third kappa shape index (κ3) is 1.56. The molecule has 84 valence electrons. The fourth-order valence-corrected chi connectivity index (χ4v) is 2.14. The van der Waals surface area contributed by atoms with E-state index in [0.29, 0.717) is 6.42 Å². The van der Waals surface area contributed by atoms with Crippen LogP contribution in [-0.4, -0.2) is 11.0 Å². The second-order valence-corrected chi connectivity index (χ2v) is 4.05. The first-order valence-corrected chi connectivity index (χ1v) is 5.45. The van der Waals surface area contributed by atoms with Crippen LogP contribution in [0.2, 0.25) is 0 Å². The van der Waals surface area contributed by atoms with Crippen LogP contribution in [0.3, 0.4) is 0 Å². The first-order chi connectivity index (χ1) is 8.25. The summed E-state index contributed by atoms with van der Waals surface area (Å²) in [6.45, 7) is 0. The van der Waals surface area contributed by atoms with Crippen molar-refractivity contribution in [3.05, 3.63) is 54.1 Å². The molecule has 0 bridgehead atoms. The minimum atomic E-state index is 0.0666. The lowest BCUT2D eigenvalue weighted by Gasteiger charge is -2.17. The summed E-state index contributed by atoms with van der Waals surface area (Å²) in [5, 5.41) is 9.26. The third-order valence-corrected chi connectivity index (χ3v) is 2.93. The highest BCUT2D eigenvalue weighted by molar-refractivity contribution is 6.07. The van der Waals surface area contributed by atoms with Gasteiger partial charge in [0.2, 0.25) is 5.91 Å². The van der Waals surface area contributed by atoms with Gasteiger partial charge in [-0.25, -0.2) is 0 Å². The van der Waals surface area contributed by atoms with Gasteiger partial charge in [0.15, 0.2) is 0 Å². The van der Waals surface area contributed by atoms with E-state index in [-0.39, 0.29) is 11.7 Å². The Morgan fingerprint density at radius 3 is 2.47 bits per heavy atom. The van der Waals surface area contributed by atoms with Crippen LogP contribution in [0, 0.1) is 0 Å². The highest BCUT2D eigenvalue weighted by Gasteiger charge is 2.27. The predicted molar refractivity (Wildman–Crippen MR) is 65.4 cm³/mol. The van der Waals surface area contributed by atoms with Crippen molar-refractivity contribution >= 4 is 17.3 Å². The van der Waals surface area contributed by atoms with Crippen LogP contribution in [0.1, 0.15) is 5.56 Å². The molecule has 0 unspecified atom stereocenters. The Labute approximate surface area is 98.9 Å². The molecule has 0 radical (unpaired) electrons. The summed E-state index contributed by atoms with van der Waals surface area (Å²) in [7, 11) is 0. The molecule has 1 N–H and O–H groups in total. The average molecular weight is 225 g/mol. The van der Waals surface area contributed by atoms with Crippen LogP contribution in [-0.2, 0) is 11.2 Å². The van der Waals surface area contributed by atoms with Gasteiger partial charge < -0.3 is 5.11 Å². The molecule has 1 aliphatic heterocycles. The number of rotatable bonds is 1. The van der Waals surface area contributed by atoms with Crippen LogP contribution in [0.15, 0.2) is 48.5 Å². The maximum absolute atomic E-state index is 12.0. The van der Waals surface area contributed by atoms with Crippen LogP contribution >= 0.6 is 0 Å². The Morgan fingerprint density at radius 1 is 1.00 bits per heavy atom. The first-order valence-electron chi connectivity index (χ1n) is 5.45. The minimum absolute atomic E-state index is 0.0666. The van der Waals surface area contributed by atoms with E-state index in [9.17, 15) is 9.90 Å². The molecule has 0 aromatic heterocycles. The molecule has 1 amide bonds. The number of benzene rings is 2. The SMILES string of the molecule is O=C1Cc2ccccc2N1c1ccc(O)cc1. The highest BCUT2D eigenvalue weighted by atomic mass is 16.3. The number of nitrogens with zero attached hydrogens (tertiary/aromatic N) is 1. The van der Waals surface area contributed by atoms with E-state index in [1.165, 1.54) is 0 Å². The van der Waals surface area contributed by atoms with Gasteiger partial charge in [-0.3, -0.25) is 9.69 Å². The number of carbonyl (C=O) groups is 1. The molecular formula is C14H11NO2. The van der Waals surface area contributed by atoms with Crippen LogP contribution in [0.4, 0.5) is 11.4 Å². The standard InChI is InChI=1S/C14H11NO2/c16-12-7-5-11(6-8-12)15-13-4-2-1-3-10(13)9-14(15)17/h1-8,16H,9H2. The summed E-state index contributed by atoms with van der Waals surface area (Å²) in [6, 6.07) is 14.4. The van der Waals surface area contributed by atoms with Crippen LogP contribution in [0.25, 0.3) is 0 Å². The molecule has 0 saturated carbocycles. The predicted octanol–water partition coefficient (Wildman–Crippen LogP) is 2.61. The summed E-state index contributed by atoms with van der Waals surface area (Å²) in [5.41, 5.74) is 2.77.